The molecule has 0 aliphatic carbocycles. The van der Waals surface area contributed by atoms with Gasteiger partial charge in [0.25, 0.3) is 5.91 Å². The summed E-state index contributed by atoms with van der Waals surface area (Å²) in [7, 11) is 0. The van der Waals surface area contributed by atoms with Crippen molar-refractivity contribution >= 4 is 62.7 Å². The van der Waals surface area contributed by atoms with Crippen molar-refractivity contribution in [3.8, 4) is 11.5 Å². The van der Waals surface area contributed by atoms with Gasteiger partial charge < -0.3 is 9.47 Å². The van der Waals surface area contributed by atoms with E-state index in [1.165, 1.54) is 17.6 Å². The molecule has 1 aromatic heterocycles. The number of hydrazone groups is 1. The number of halogens is 2. The predicted molar refractivity (Wildman–Crippen MR) is 156 cm³/mol. The topological polar surface area (TPSA) is 77.0 Å². The summed E-state index contributed by atoms with van der Waals surface area (Å²) >= 11 is 13.6. The first kappa shape index (κ1) is 26.4. The summed E-state index contributed by atoms with van der Waals surface area (Å²) in [5, 5.41) is 5.85. The van der Waals surface area contributed by atoms with Crippen LogP contribution in [0, 0.1) is 0 Å². The van der Waals surface area contributed by atoms with Crippen molar-refractivity contribution in [1.29, 1.82) is 0 Å². The van der Waals surface area contributed by atoms with Crippen molar-refractivity contribution in [2.24, 2.45) is 5.10 Å². The molecule has 39 heavy (non-hydrogen) atoms. The van der Waals surface area contributed by atoms with Gasteiger partial charge in [0.15, 0.2) is 0 Å². The van der Waals surface area contributed by atoms with Crippen molar-refractivity contribution in [2.75, 3.05) is 0 Å². The smallest absolute Gasteiger partial charge is 0.355 e. The highest BCUT2D eigenvalue weighted by molar-refractivity contribution is 7.21. The quantitative estimate of drug-likeness (QED) is 0.0888. The minimum Gasteiger partial charge on any atom is -0.489 e. The average molecular weight is 575 g/mol. The number of benzene rings is 4. The van der Waals surface area contributed by atoms with Crippen molar-refractivity contribution < 1.29 is 19.1 Å². The maximum absolute atomic E-state index is 12.9. The first-order chi connectivity index (χ1) is 19.0. The number of carbonyl (C=O) groups is 2. The molecule has 0 saturated carbocycles. The minimum absolute atomic E-state index is 0.291. The van der Waals surface area contributed by atoms with Gasteiger partial charge in [0, 0.05) is 26.2 Å². The normalized spacial score (nSPS) is 11.0. The van der Waals surface area contributed by atoms with E-state index in [1.54, 1.807) is 60.7 Å². The molecule has 9 heteroatoms. The number of fused-ring (bicyclic) bond motifs is 1. The summed E-state index contributed by atoms with van der Waals surface area (Å²) in [6.45, 7) is 0.351. The van der Waals surface area contributed by atoms with Crippen LogP contribution >= 0.6 is 34.5 Å². The number of thiophene rings is 1. The molecule has 194 valence electrons. The van der Waals surface area contributed by atoms with E-state index in [2.05, 4.69) is 10.5 Å². The molecule has 0 aliphatic heterocycles. The van der Waals surface area contributed by atoms with E-state index in [0.717, 1.165) is 15.6 Å². The SMILES string of the molecule is O=C(NN=Cc1ccccc1OC(=O)c1sc2ccccc2c1Cl)c1ccc(COc2ccc(Cl)cc2)cc1. The maximum Gasteiger partial charge on any atom is 0.355 e. The number of nitrogens with one attached hydrogen (secondary N) is 1. The van der Waals surface area contributed by atoms with E-state index in [4.69, 9.17) is 32.7 Å². The second-order valence-corrected chi connectivity index (χ2v) is 10.2. The van der Waals surface area contributed by atoms with Gasteiger partial charge >= 0.3 is 5.97 Å². The summed E-state index contributed by atoms with van der Waals surface area (Å²) in [5.74, 6) is 0.0432. The third-order valence-corrected chi connectivity index (χ3v) is 7.55. The Morgan fingerprint density at radius 2 is 1.59 bits per heavy atom. The van der Waals surface area contributed by atoms with Gasteiger partial charge in [0.05, 0.1) is 11.2 Å². The number of hydrogen-bond donors (Lipinski definition) is 1. The molecule has 1 heterocycles. The Bertz CT molecular complexity index is 1670. The zero-order valence-electron chi connectivity index (χ0n) is 20.3. The van der Waals surface area contributed by atoms with Crippen LogP contribution in [0.15, 0.2) is 102 Å². The number of nitrogens with zero attached hydrogens (tertiary/aromatic N) is 1. The number of rotatable bonds is 8. The number of hydrogen-bond acceptors (Lipinski definition) is 6. The second kappa shape index (κ2) is 12.1. The number of para-hydroxylation sites is 1. The second-order valence-electron chi connectivity index (χ2n) is 8.31. The molecule has 0 unspecified atom stereocenters. The van der Waals surface area contributed by atoms with Crippen molar-refractivity contribution in [2.45, 2.75) is 6.61 Å². The maximum atomic E-state index is 12.9. The highest BCUT2D eigenvalue weighted by atomic mass is 35.5. The molecule has 0 saturated heterocycles. The lowest BCUT2D eigenvalue weighted by Crippen LogP contribution is -2.17. The molecule has 0 aliphatic rings. The van der Waals surface area contributed by atoms with E-state index in [0.29, 0.717) is 44.2 Å². The third kappa shape index (κ3) is 6.46. The van der Waals surface area contributed by atoms with Gasteiger partial charge in [0.2, 0.25) is 0 Å². The van der Waals surface area contributed by atoms with E-state index >= 15 is 0 Å². The summed E-state index contributed by atoms with van der Waals surface area (Å²) in [4.78, 5) is 25.7. The van der Waals surface area contributed by atoms with Crippen LogP contribution in [0.5, 0.6) is 11.5 Å². The largest absolute Gasteiger partial charge is 0.489 e. The summed E-state index contributed by atoms with van der Waals surface area (Å²) in [6, 6.07) is 28.5. The van der Waals surface area contributed by atoms with Gasteiger partial charge in [-0.2, -0.15) is 5.10 Å². The van der Waals surface area contributed by atoms with E-state index in [1.807, 2.05) is 36.4 Å². The van der Waals surface area contributed by atoms with E-state index in [-0.39, 0.29) is 5.91 Å². The van der Waals surface area contributed by atoms with Crippen LogP contribution < -0.4 is 14.9 Å². The third-order valence-electron chi connectivity index (χ3n) is 5.65. The molecule has 0 fully saturated rings. The summed E-state index contributed by atoms with van der Waals surface area (Å²) in [5.41, 5.74) is 4.34. The van der Waals surface area contributed by atoms with Crippen LogP contribution in [0.2, 0.25) is 10.0 Å². The monoisotopic (exact) mass is 574 g/mol. The Balaban J connectivity index is 1.19. The van der Waals surface area contributed by atoms with Gasteiger partial charge in [-0.15, -0.1) is 11.3 Å². The molecular formula is C30H20Cl2N2O4S. The lowest BCUT2D eigenvalue weighted by molar-refractivity contribution is 0.0739. The Labute approximate surface area is 238 Å². The Morgan fingerprint density at radius 1 is 0.872 bits per heavy atom. The van der Waals surface area contributed by atoms with Gasteiger partial charge in [-0.1, -0.05) is 65.7 Å². The van der Waals surface area contributed by atoms with Gasteiger partial charge in [-0.25, -0.2) is 10.2 Å². The fraction of sp³-hybridized carbons (Fsp3) is 0.0333. The van der Waals surface area contributed by atoms with Crippen molar-refractivity contribution in [1.82, 2.24) is 5.43 Å². The highest BCUT2D eigenvalue weighted by Crippen LogP contribution is 2.36. The standard InChI is InChI=1S/C30H20Cl2N2O4S/c31-22-13-15-23(16-14-22)37-18-19-9-11-20(12-10-19)29(35)34-33-17-21-5-1-3-7-25(21)38-30(36)28-27(32)24-6-2-4-8-26(24)39-28/h1-17H,18H2,(H,34,35). The molecule has 5 rings (SSSR count). The molecule has 0 bridgehead atoms. The summed E-state index contributed by atoms with van der Waals surface area (Å²) < 4.78 is 12.2. The van der Waals surface area contributed by atoms with Crippen LogP contribution in [0.25, 0.3) is 10.1 Å². The van der Waals surface area contributed by atoms with Crippen molar-refractivity contribution in [3.63, 3.8) is 0 Å². The lowest BCUT2D eigenvalue weighted by Gasteiger charge is -2.07. The van der Waals surface area contributed by atoms with Crippen molar-refractivity contribution in [3.05, 3.63) is 129 Å². The number of amides is 1. The number of esters is 1. The predicted octanol–water partition coefficient (Wildman–Crippen LogP) is 7.77. The molecule has 6 nitrogen and oxygen atoms in total. The summed E-state index contributed by atoms with van der Waals surface area (Å²) in [6.07, 6.45) is 1.42. The van der Waals surface area contributed by atoms with E-state index < -0.39 is 5.97 Å². The molecule has 0 spiro atoms. The molecule has 0 radical (unpaired) electrons. The van der Waals surface area contributed by atoms with Crippen LogP contribution in [-0.4, -0.2) is 18.1 Å². The molecule has 4 aromatic carbocycles. The zero-order chi connectivity index (χ0) is 27.2. The number of ether oxygens (including phenoxy) is 2. The fourth-order valence-corrected chi connectivity index (χ4v) is 5.16. The zero-order valence-corrected chi connectivity index (χ0v) is 22.6. The molecular weight excluding hydrogens is 555 g/mol. The van der Waals surface area contributed by atoms with E-state index in [9.17, 15) is 9.59 Å². The Hall–Kier alpha value is -4.17. The van der Waals surface area contributed by atoms with Gasteiger partial charge in [-0.3, -0.25) is 4.79 Å². The van der Waals surface area contributed by atoms with Crippen LogP contribution in [0.4, 0.5) is 0 Å². The van der Waals surface area contributed by atoms with Crippen LogP contribution in [0.1, 0.15) is 31.2 Å². The molecule has 1 N–H and O–H groups in total. The Morgan fingerprint density at radius 3 is 2.36 bits per heavy atom. The van der Waals surface area contributed by atoms with Gasteiger partial charge in [-0.05, 0) is 60.2 Å². The first-order valence-corrected chi connectivity index (χ1v) is 13.3. The lowest BCUT2D eigenvalue weighted by atomic mass is 10.1. The number of carbonyl (C=O) groups excluding carboxylic acids is 2. The first-order valence-electron chi connectivity index (χ1n) is 11.8. The fourth-order valence-electron chi connectivity index (χ4n) is 3.65. The van der Waals surface area contributed by atoms with Crippen LogP contribution in [0.3, 0.4) is 0 Å². The molecule has 5 aromatic rings. The highest BCUT2D eigenvalue weighted by Gasteiger charge is 2.19. The van der Waals surface area contributed by atoms with Crippen LogP contribution in [-0.2, 0) is 6.61 Å². The molecule has 1 amide bonds. The molecule has 0 atom stereocenters. The van der Waals surface area contributed by atoms with Gasteiger partial charge in [0.1, 0.15) is 23.0 Å². The average Bonchev–Trinajstić information content (AvgIpc) is 3.30. The Kier molecular flexibility index (Phi) is 8.22. The minimum atomic E-state index is -0.564.